The van der Waals surface area contributed by atoms with Crippen LogP contribution in [0.2, 0.25) is 0 Å². The van der Waals surface area contributed by atoms with E-state index in [9.17, 15) is 14.9 Å². The van der Waals surface area contributed by atoms with E-state index in [0.717, 1.165) is 24.9 Å². The van der Waals surface area contributed by atoms with Gasteiger partial charge in [0.15, 0.2) is 0 Å². The maximum atomic E-state index is 11.7. The molecule has 1 saturated heterocycles. The second-order valence-electron chi connectivity index (χ2n) is 5.01. The number of carbonyl (C=O) groups is 1. The summed E-state index contributed by atoms with van der Waals surface area (Å²) in [6.07, 6.45) is 1.69. The van der Waals surface area contributed by atoms with Gasteiger partial charge in [0.25, 0.3) is 5.69 Å². The molecule has 7 nitrogen and oxygen atoms in total. The Balaban J connectivity index is 2.17. The minimum atomic E-state index is -0.406. The fourth-order valence-corrected chi connectivity index (χ4v) is 2.69. The average Bonchev–Trinajstić information content (AvgIpc) is 2.94. The molecule has 0 aliphatic carbocycles. The first-order valence-electron chi connectivity index (χ1n) is 6.83. The number of rotatable bonds is 5. The highest BCUT2D eigenvalue weighted by Gasteiger charge is 2.31. The van der Waals surface area contributed by atoms with Gasteiger partial charge in [-0.05, 0) is 31.0 Å². The third-order valence-corrected chi connectivity index (χ3v) is 3.75. The summed E-state index contributed by atoms with van der Waals surface area (Å²) in [6, 6.07) is 4.83. The number of hydrogen-bond donors (Lipinski definition) is 1. The molecule has 0 bridgehead atoms. The molecule has 0 radical (unpaired) electrons. The van der Waals surface area contributed by atoms with Crippen LogP contribution in [0.1, 0.15) is 18.4 Å². The predicted molar refractivity (Wildman–Crippen MR) is 78.1 cm³/mol. The molecule has 1 unspecified atom stereocenters. The van der Waals surface area contributed by atoms with E-state index in [0.29, 0.717) is 12.2 Å². The third kappa shape index (κ3) is 3.30. The molecule has 1 aliphatic heterocycles. The molecular formula is C14H19N3O4. The van der Waals surface area contributed by atoms with E-state index in [-0.39, 0.29) is 17.7 Å². The topological polar surface area (TPSA) is 84.7 Å². The second-order valence-corrected chi connectivity index (χ2v) is 5.01. The molecule has 1 atom stereocenters. The number of nitrogens with zero attached hydrogens (tertiary/aromatic N) is 2. The van der Waals surface area contributed by atoms with E-state index < -0.39 is 4.92 Å². The summed E-state index contributed by atoms with van der Waals surface area (Å²) in [7, 11) is 3.03. The van der Waals surface area contributed by atoms with Crippen molar-refractivity contribution in [1.82, 2.24) is 4.90 Å². The molecule has 1 N–H and O–H groups in total. The third-order valence-electron chi connectivity index (χ3n) is 3.75. The van der Waals surface area contributed by atoms with Crippen molar-refractivity contribution in [2.24, 2.45) is 0 Å². The highest BCUT2D eigenvalue weighted by molar-refractivity contribution is 5.76. The van der Waals surface area contributed by atoms with E-state index >= 15 is 0 Å². The van der Waals surface area contributed by atoms with Crippen LogP contribution in [0.3, 0.4) is 0 Å². The van der Waals surface area contributed by atoms with E-state index in [1.54, 1.807) is 19.2 Å². The average molecular weight is 293 g/mol. The number of likely N-dealkylation sites (tertiary alicyclic amines) is 1. The number of hydrogen-bond acceptors (Lipinski definition) is 6. The smallest absolute Gasteiger partial charge is 0.323 e. The van der Waals surface area contributed by atoms with Crippen LogP contribution in [0.25, 0.3) is 0 Å². The predicted octanol–water partition coefficient (Wildman–Crippen LogP) is 1.77. The summed E-state index contributed by atoms with van der Waals surface area (Å²) in [5.41, 5.74) is 1.34. The van der Waals surface area contributed by atoms with E-state index in [4.69, 9.17) is 4.74 Å². The van der Waals surface area contributed by atoms with E-state index in [2.05, 4.69) is 5.32 Å². The molecule has 2 rings (SSSR count). The second kappa shape index (κ2) is 6.53. The Labute approximate surface area is 123 Å². The summed E-state index contributed by atoms with van der Waals surface area (Å²) in [5.74, 6) is -0.242. The summed E-state index contributed by atoms with van der Waals surface area (Å²) in [6.45, 7) is 1.30. The van der Waals surface area contributed by atoms with Gasteiger partial charge in [-0.3, -0.25) is 19.8 Å². The molecule has 0 amide bonds. The van der Waals surface area contributed by atoms with Gasteiger partial charge in [0, 0.05) is 19.7 Å². The molecule has 0 spiro atoms. The van der Waals surface area contributed by atoms with Crippen molar-refractivity contribution in [3.05, 3.63) is 33.9 Å². The number of nitro groups is 1. The number of ether oxygens (including phenoxy) is 1. The number of nitro benzene ring substituents is 1. The lowest BCUT2D eigenvalue weighted by atomic mass is 10.1. The zero-order chi connectivity index (χ0) is 15.4. The Morgan fingerprint density at radius 2 is 2.33 bits per heavy atom. The molecule has 1 aliphatic rings. The molecule has 0 aromatic heterocycles. The van der Waals surface area contributed by atoms with Crippen molar-refractivity contribution in [1.29, 1.82) is 0 Å². The maximum absolute atomic E-state index is 11.7. The number of carbonyl (C=O) groups excluding carboxylic acids is 1. The largest absolute Gasteiger partial charge is 0.468 e. The Hall–Kier alpha value is -2.15. The molecule has 1 fully saturated rings. The number of anilines is 1. The summed E-state index contributed by atoms with van der Waals surface area (Å²) >= 11 is 0. The Morgan fingerprint density at radius 1 is 1.57 bits per heavy atom. The molecule has 1 aromatic carbocycles. The molecule has 114 valence electrons. The zero-order valence-corrected chi connectivity index (χ0v) is 12.2. The lowest BCUT2D eigenvalue weighted by Crippen LogP contribution is -2.36. The van der Waals surface area contributed by atoms with Gasteiger partial charge in [-0.1, -0.05) is 6.07 Å². The van der Waals surface area contributed by atoms with E-state index in [1.165, 1.54) is 7.11 Å². The standard InChI is InChI=1S/C14H19N3O4/c1-15-11-6-5-10(8-13(11)17(19)20)9-16-7-3-4-12(16)14(18)21-2/h5-6,8,12,15H,3-4,7,9H2,1-2H3. The minimum absolute atomic E-state index is 0.0452. The van der Waals surface area contributed by atoms with Crippen LogP contribution in [0, 0.1) is 10.1 Å². The summed E-state index contributed by atoms with van der Waals surface area (Å²) in [5, 5.41) is 13.9. The highest BCUT2D eigenvalue weighted by atomic mass is 16.6. The fraction of sp³-hybridized carbons (Fsp3) is 0.500. The van der Waals surface area contributed by atoms with Crippen LogP contribution in [0.15, 0.2) is 18.2 Å². The van der Waals surface area contributed by atoms with Gasteiger partial charge in [0.05, 0.1) is 12.0 Å². The molecule has 1 heterocycles. The van der Waals surface area contributed by atoms with Gasteiger partial charge in [-0.15, -0.1) is 0 Å². The lowest BCUT2D eigenvalue weighted by molar-refractivity contribution is -0.384. The van der Waals surface area contributed by atoms with Crippen LogP contribution in [0.4, 0.5) is 11.4 Å². The van der Waals surface area contributed by atoms with E-state index in [1.807, 2.05) is 11.0 Å². The lowest BCUT2D eigenvalue weighted by Gasteiger charge is -2.22. The quantitative estimate of drug-likeness (QED) is 0.506. The maximum Gasteiger partial charge on any atom is 0.323 e. The van der Waals surface area contributed by atoms with Crippen LogP contribution in [0.5, 0.6) is 0 Å². The number of esters is 1. The van der Waals surface area contributed by atoms with Gasteiger partial charge in [0.1, 0.15) is 11.7 Å². The van der Waals surface area contributed by atoms with Crippen LogP contribution in [-0.4, -0.2) is 42.5 Å². The molecule has 0 saturated carbocycles. The molecular weight excluding hydrogens is 274 g/mol. The fourth-order valence-electron chi connectivity index (χ4n) is 2.69. The normalized spacial score (nSPS) is 18.5. The van der Waals surface area contributed by atoms with Crippen molar-refractivity contribution < 1.29 is 14.5 Å². The van der Waals surface area contributed by atoms with Crippen molar-refractivity contribution in [2.45, 2.75) is 25.4 Å². The summed E-state index contributed by atoms with van der Waals surface area (Å²) < 4.78 is 4.80. The van der Waals surface area contributed by atoms with Gasteiger partial charge in [0.2, 0.25) is 0 Å². The van der Waals surface area contributed by atoms with Crippen LogP contribution in [-0.2, 0) is 16.1 Å². The molecule has 21 heavy (non-hydrogen) atoms. The van der Waals surface area contributed by atoms with Crippen LogP contribution >= 0.6 is 0 Å². The van der Waals surface area contributed by atoms with Gasteiger partial charge < -0.3 is 10.1 Å². The van der Waals surface area contributed by atoms with Gasteiger partial charge in [-0.2, -0.15) is 0 Å². The monoisotopic (exact) mass is 293 g/mol. The Kier molecular flexibility index (Phi) is 4.74. The first-order valence-corrected chi connectivity index (χ1v) is 6.83. The number of methoxy groups -OCH3 is 1. The Bertz CT molecular complexity index is 547. The van der Waals surface area contributed by atoms with Gasteiger partial charge in [-0.25, -0.2) is 0 Å². The molecule has 1 aromatic rings. The van der Waals surface area contributed by atoms with Crippen LogP contribution < -0.4 is 5.32 Å². The van der Waals surface area contributed by atoms with Crippen molar-refractivity contribution in [3.63, 3.8) is 0 Å². The number of benzene rings is 1. The zero-order valence-electron chi connectivity index (χ0n) is 12.2. The SMILES string of the molecule is CNc1ccc(CN2CCCC2C(=O)OC)cc1[N+](=O)[O-]. The number of nitrogens with one attached hydrogen (secondary N) is 1. The first kappa shape index (κ1) is 15.2. The Morgan fingerprint density at radius 3 is 2.95 bits per heavy atom. The first-order chi connectivity index (χ1) is 10.1. The van der Waals surface area contributed by atoms with Gasteiger partial charge >= 0.3 is 5.97 Å². The minimum Gasteiger partial charge on any atom is -0.468 e. The molecule has 7 heteroatoms. The van der Waals surface area contributed by atoms with Crippen molar-refractivity contribution in [2.75, 3.05) is 26.0 Å². The van der Waals surface area contributed by atoms with Crippen molar-refractivity contribution in [3.8, 4) is 0 Å². The van der Waals surface area contributed by atoms with Crippen molar-refractivity contribution >= 4 is 17.3 Å². The summed E-state index contributed by atoms with van der Waals surface area (Å²) in [4.78, 5) is 24.4. The highest BCUT2D eigenvalue weighted by Crippen LogP contribution is 2.27.